The van der Waals surface area contributed by atoms with E-state index in [9.17, 15) is 10.1 Å². The van der Waals surface area contributed by atoms with Gasteiger partial charge in [-0.15, -0.1) is 0 Å². The minimum atomic E-state index is -0.444. The standard InChI is InChI=1S/C17H16N6O3/c24-23(25)14-6-4-12(5-7-14)16-20-17(26-21-16)19-13-8-10-22(11-13)15-3-1-2-9-18-15/h1-7,9,13H,8,10-11H2,(H,19,20,21). The van der Waals surface area contributed by atoms with E-state index in [1.165, 1.54) is 12.1 Å². The number of hydrogen-bond donors (Lipinski definition) is 1. The molecule has 132 valence electrons. The van der Waals surface area contributed by atoms with Crippen molar-refractivity contribution in [2.24, 2.45) is 0 Å². The monoisotopic (exact) mass is 352 g/mol. The SMILES string of the molecule is O=[N+]([O-])c1ccc(-c2noc(NC3CCN(c4ccccn4)C3)n2)cc1. The topological polar surface area (TPSA) is 110 Å². The molecule has 4 rings (SSSR count). The van der Waals surface area contributed by atoms with Crippen molar-refractivity contribution >= 4 is 17.5 Å². The predicted octanol–water partition coefficient (Wildman–Crippen LogP) is 2.73. The van der Waals surface area contributed by atoms with Crippen LogP contribution in [0.25, 0.3) is 11.4 Å². The highest BCUT2D eigenvalue weighted by Gasteiger charge is 2.24. The summed E-state index contributed by atoms with van der Waals surface area (Å²) in [5.41, 5.74) is 0.685. The van der Waals surface area contributed by atoms with E-state index in [0.29, 0.717) is 17.4 Å². The summed E-state index contributed by atoms with van der Waals surface area (Å²) in [6, 6.07) is 12.4. The van der Waals surface area contributed by atoms with E-state index in [0.717, 1.165) is 25.3 Å². The van der Waals surface area contributed by atoms with Crippen LogP contribution in [0.4, 0.5) is 17.5 Å². The van der Waals surface area contributed by atoms with Gasteiger partial charge in [-0.25, -0.2) is 4.98 Å². The van der Waals surface area contributed by atoms with Gasteiger partial charge in [0.25, 0.3) is 5.69 Å². The Hall–Kier alpha value is -3.49. The van der Waals surface area contributed by atoms with E-state index in [2.05, 4.69) is 25.3 Å². The fourth-order valence-electron chi connectivity index (χ4n) is 2.93. The summed E-state index contributed by atoms with van der Waals surface area (Å²) in [6.45, 7) is 1.70. The number of anilines is 2. The van der Waals surface area contributed by atoms with E-state index >= 15 is 0 Å². The molecule has 1 unspecified atom stereocenters. The molecule has 3 aromatic rings. The molecule has 2 aromatic heterocycles. The number of nitro benzene ring substituents is 1. The minimum Gasteiger partial charge on any atom is -0.354 e. The number of nitrogens with zero attached hydrogens (tertiary/aromatic N) is 5. The molecule has 1 atom stereocenters. The number of nitro groups is 1. The van der Waals surface area contributed by atoms with Crippen molar-refractivity contribution in [2.75, 3.05) is 23.3 Å². The molecule has 3 heterocycles. The second kappa shape index (κ2) is 6.79. The molecule has 0 saturated carbocycles. The lowest BCUT2D eigenvalue weighted by molar-refractivity contribution is -0.384. The zero-order valence-electron chi connectivity index (χ0n) is 13.8. The van der Waals surface area contributed by atoms with Crippen LogP contribution in [0.3, 0.4) is 0 Å². The lowest BCUT2D eigenvalue weighted by atomic mass is 10.2. The maximum Gasteiger partial charge on any atom is 0.322 e. The number of non-ortho nitro benzene ring substituents is 1. The zero-order chi connectivity index (χ0) is 17.9. The summed E-state index contributed by atoms with van der Waals surface area (Å²) >= 11 is 0. The van der Waals surface area contributed by atoms with Crippen molar-refractivity contribution in [3.05, 3.63) is 58.8 Å². The Morgan fingerprint density at radius 2 is 2.08 bits per heavy atom. The highest BCUT2D eigenvalue weighted by molar-refractivity contribution is 5.57. The van der Waals surface area contributed by atoms with Crippen molar-refractivity contribution in [2.45, 2.75) is 12.5 Å². The largest absolute Gasteiger partial charge is 0.354 e. The Morgan fingerprint density at radius 3 is 2.81 bits per heavy atom. The van der Waals surface area contributed by atoms with Crippen molar-refractivity contribution in [1.29, 1.82) is 0 Å². The first-order valence-electron chi connectivity index (χ1n) is 8.20. The van der Waals surface area contributed by atoms with E-state index in [4.69, 9.17) is 4.52 Å². The first-order chi connectivity index (χ1) is 12.7. The average molecular weight is 352 g/mol. The number of hydrogen-bond acceptors (Lipinski definition) is 8. The molecule has 1 aliphatic rings. The number of aromatic nitrogens is 3. The summed E-state index contributed by atoms with van der Waals surface area (Å²) in [5, 5.41) is 17.9. The second-order valence-corrected chi connectivity index (χ2v) is 5.99. The van der Waals surface area contributed by atoms with Crippen molar-refractivity contribution < 1.29 is 9.45 Å². The first-order valence-corrected chi connectivity index (χ1v) is 8.20. The quantitative estimate of drug-likeness (QED) is 0.551. The number of nitrogens with one attached hydrogen (secondary N) is 1. The Bertz CT molecular complexity index is 896. The molecular weight excluding hydrogens is 336 g/mol. The highest BCUT2D eigenvalue weighted by Crippen LogP contribution is 2.23. The van der Waals surface area contributed by atoms with Gasteiger partial charge in [0.15, 0.2) is 0 Å². The Labute approximate surface area is 148 Å². The van der Waals surface area contributed by atoms with E-state index in [1.54, 1.807) is 18.3 Å². The normalized spacial score (nSPS) is 16.6. The fourth-order valence-corrected chi connectivity index (χ4v) is 2.93. The summed E-state index contributed by atoms with van der Waals surface area (Å²) in [5.74, 6) is 1.34. The molecule has 9 nitrogen and oxygen atoms in total. The summed E-state index contributed by atoms with van der Waals surface area (Å²) in [4.78, 5) is 21.2. The van der Waals surface area contributed by atoms with Crippen LogP contribution < -0.4 is 10.2 Å². The van der Waals surface area contributed by atoms with Gasteiger partial charge in [0, 0.05) is 43.0 Å². The van der Waals surface area contributed by atoms with Crippen LogP contribution >= 0.6 is 0 Å². The van der Waals surface area contributed by atoms with Gasteiger partial charge in [-0.05, 0) is 30.7 Å². The summed E-state index contributed by atoms with van der Waals surface area (Å²) in [6.07, 6.45) is 2.72. The molecule has 9 heteroatoms. The van der Waals surface area contributed by atoms with Gasteiger partial charge in [-0.3, -0.25) is 10.1 Å². The van der Waals surface area contributed by atoms with E-state index in [-0.39, 0.29) is 11.7 Å². The number of rotatable bonds is 5. The summed E-state index contributed by atoms with van der Waals surface area (Å²) < 4.78 is 5.26. The van der Waals surface area contributed by atoms with E-state index in [1.807, 2.05) is 18.2 Å². The van der Waals surface area contributed by atoms with Gasteiger partial charge in [0.1, 0.15) is 5.82 Å². The van der Waals surface area contributed by atoms with Gasteiger partial charge >= 0.3 is 6.01 Å². The number of pyridine rings is 1. The van der Waals surface area contributed by atoms with Crippen molar-refractivity contribution in [1.82, 2.24) is 15.1 Å². The Balaban J connectivity index is 1.40. The third kappa shape index (κ3) is 3.32. The Morgan fingerprint density at radius 1 is 1.23 bits per heavy atom. The van der Waals surface area contributed by atoms with E-state index < -0.39 is 4.92 Å². The molecule has 0 spiro atoms. The van der Waals surface area contributed by atoms with Crippen LogP contribution in [0.1, 0.15) is 6.42 Å². The molecule has 0 radical (unpaired) electrons. The van der Waals surface area contributed by atoms with Crippen LogP contribution in [0, 0.1) is 10.1 Å². The molecule has 1 fully saturated rings. The number of benzene rings is 1. The maximum atomic E-state index is 10.7. The van der Waals surface area contributed by atoms with Crippen LogP contribution in [0.15, 0.2) is 53.2 Å². The second-order valence-electron chi connectivity index (χ2n) is 5.99. The van der Waals surface area contributed by atoms with Crippen molar-refractivity contribution in [3.63, 3.8) is 0 Å². The Kier molecular flexibility index (Phi) is 4.18. The molecule has 0 amide bonds. The van der Waals surface area contributed by atoms with Crippen LogP contribution in [-0.2, 0) is 0 Å². The summed E-state index contributed by atoms with van der Waals surface area (Å²) in [7, 11) is 0. The van der Waals surface area contributed by atoms with Gasteiger partial charge < -0.3 is 14.7 Å². The van der Waals surface area contributed by atoms with Gasteiger partial charge in [0.05, 0.1) is 4.92 Å². The van der Waals surface area contributed by atoms with Gasteiger partial charge in [-0.2, -0.15) is 4.98 Å². The third-order valence-electron chi connectivity index (χ3n) is 4.25. The third-order valence-corrected chi connectivity index (χ3v) is 4.25. The van der Waals surface area contributed by atoms with Crippen LogP contribution in [-0.4, -0.2) is 39.2 Å². The molecule has 1 aromatic carbocycles. The molecule has 0 aliphatic carbocycles. The zero-order valence-corrected chi connectivity index (χ0v) is 13.8. The molecule has 1 aliphatic heterocycles. The molecule has 26 heavy (non-hydrogen) atoms. The molecule has 0 bridgehead atoms. The molecule has 1 saturated heterocycles. The lowest BCUT2D eigenvalue weighted by Gasteiger charge is -2.17. The minimum absolute atomic E-state index is 0.0242. The van der Waals surface area contributed by atoms with Gasteiger partial charge in [0.2, 0.25) is 5.82 Å². The van der Waals surface area contributed by atoms with Crippen LogP contribution in [0.2, 0.25) is 0 Å². The highest BCUT2D eigenvalue weighted by atomic mass is 16.6. The van der Waals surface area contributed by atoms with Gasteiger partial charge in [-0.1, -0.05) is 11.2 Å². The fraction of sp³-hybridized carbons (Fsp3) is 0.235. The first kappa shape index (κ1) is 16.0. The smallest absolute Gasteiger partial charge is 0.322 e. The van der Waals surface area contributed by atoms with Crippen molar-refractivity contribution in [3.8, 4) is 11.4 Å². The maximum absolute atomic E-state index is 10.7. The lowest BCUT2D eigenvalue weighted by Crippen LogP contribution is -2.26. The van der Waals surface area contributed by atoms with Crippen LogP contribution in [0.5, 0.6) is 0 Å². The molecule has 1 N–H and O–H groups in total. The predicted molar refractivity (Wildman–Crippen MR) is 94.9 cm³/mol. The molecular formula is C17H16N6O3. The average Bonchev–Trinajstić information content (AvgIpc) is 3.33.